The van der Waals surface area contributed by atoms with Crippen LogP contribution in [0.1, 0.15) is 87.1 Å². The molecule has 4 rings (SSSR count). The molecule has 0 unspecified atom stereocenters. The van der Waals surface area contributed by atoms with Crippen molar-refractivity contribution >= 4 is 40.7 Å². The van der Waals surface area contributed by atoms with Crippen LogP contribution in [0, 0.1) is 13.8 Å². The lowest BCUT2D eigenvalue weighted by molar-refractivity contribution is -0.163. The number of nitrogens with zero attached hydrogens (tertiary/aromatic N) is 1. The van der Waals surface area contributed by atoms with Gasteiger partial charge in [-0.2, -0.15) is 0 Å². The molecule has 4 nitrogen and oxygen atoms in total. The molecule has 0 N–H and O–H groups in total. The van der Waals surface area contributed by atoms with E-state index in [2.05, 4.69) is 114 Å². The number of piperidine rings is 1. The van der Waals surface area contributed by atoms with Gasteiger partial charge in [0.15, 0.2) is 0 Å². The third kappa shape index (κ3) is 9.67. The maximum Gasteiger partial charge on any atom is 0.323 e. The summed E-state index contributed by atoms with van der Waals surface area (Å²) < 4.78 is 13.5. The van der Waals surface area contributed by atoms with Crippen molar-refractivity contribution in [2.45, 2.75) is 91.3 Å². The molecule has 1 saturated heterocycles. The number of hydrogen-bond donors (Lipinski definition) is 0. The highest BCUT2D eigenvalue weighted by Gasteiger charge is 2.33. The summed E-state index contributed by atoms with van der Waals surface area (Å²) in [4.78, 5) is 15.4. The quantitative estimate of drug-likeness (QED) is 0.0623. The first-order valence-corrected chi connectivity index (χ1v) is 17.3. The molecule has 3 aromatic carbocycles. The summed E-state index contributed by atoms with van der Waals surface area (Å²) in [6.07, 6.45) is 10.8. The summed E-state index contributed by atoms with van der Waals surface area (Å²) in [5.74, 6) is 0.806. The Kier molecular flexibility index (Phi) is 12.3. The van der Waals surface area contributed by atoms with Gasteiger partial charge >= 0.3 is 5.97 Å². The number of ether oxygens (including phenoxy) is 2. The van der Waals surface area contributed by atoms with Gasteiger partial charge in [-0.3, -0.25) is 9.69 Å². The Morgan fingerprint density at radius 2 is 1.72 bits per heavy atom. The fourth-order valence-corrected chi connectivity index (χ4v) is 6.28. The van der Waals surface area contributed by atoms with Crippen molar-refractivity contribution < 1.29 is 14.3 Å². The van der Waals surface area contributed by atoms with Crippen molar-refractivity contribution in [2.75, 3.05) is 17.6 Å². The number of esters is 1. The highest BCUT2D eigenvalue weighted by Crippen LogP contribution is 2.31. The zero-order valence-electron chi connectivity index (χ0n) is 26.6. The fraction of sp³-hybridized carbons (Fsp3) is 0.447. The van der Waals surface area contributed by atoms with Gasteiger partial charge in [-0.05, 0) is 117 Å². The van der Waals surface area contributed by atoms with Crippen molar-refractivity contribution in [3.63, 3.8) is 0 Å². The van der Waals surface area contributed by atoms with Crippen molar-refractivity contribution in [1.29, 1.82) is 0 Å². The number of rotatable bonds is 12. The lowest BCUT2D eigenvalue weighted by atomic mass is 9.95. The Morgan fingerprint density at radius 3 is 2.47 bits per heavy atom. The van der Waals surface area contributed by atoms with Gasteiger partial charge in [-0.1, -0.05) is 95.8 Å². The first-order chi connectivity index (χ1) is 20.7. The Balaban J connectivity index is 1.60. The molecule has 1 heterocycles. The molecule has 0 amide bonds. The van der Waals surface area contributed by atoms with E-state index in [1.54, 1.807) is 0 Å². The predicted octanol–water partition coefficient (Wildman–Crippen LogP) is 9.82. The molecule has 0 radical (unpaired) electrons. The largest absolute Gasteiger partial charge is 0.493 e. The first-order valence-electron chi connectivity index (χ1n) is 15.8. The minimum atomic E-state index is -0.490. The minimum Gasteiger partial charge on any atom is -0.493 e. The summed E-state index contributed by atoms with van der Waals surface area (Å²) in [7, 11) is 0. The van der Waals surface area contributed by atoms with Crippen molar-refractivity contribution in [1.82, 2.24) is 4.90 Å². The number of hydrogen-bond acceptors (Lipinski definition) is 4. The molecular formula is C38H48INO3. The monoisotopic (exact) mass is 693 g/mol. The van der Waals surface area contributed by atoms with Gasteiger partial charge in [-0.25, -0.2) is 0 Å². The molecule has 0 aromatic heterocycles. The summed E-state index contributed by atoms with van der Waals surface area (Å²) in [5, 5.41) is 0. The summed E-state index contributed by atoms with van der Waals surface area (Å²) in [6, 6.07) is 21.3. The topological polar surface area (TPSA) is 38.8 Å². The van der Waals surface area contributed by atoms with E-state index in [1.165, 1.54) is 45.1 Å². The number of alkyl halides is 1. The highest BCUT2D eigenvalue weighted by atomic mass is 127. The number of benzene rings is 3. The van der Waals surface area contributed by atoms with Gasteiger partial charge in [0, 0.05) is 12.1 Å². The fourth-order valence-electron chi connectivity index (χ4n) is 5.74. The normalized spacial score (nSPS) is 16.0. The zero-order valence-corrected chi connectivity index (χ0v) is 28.8. The SMILES string of the molecule is Cc1cc(CN2CCCC[C@H]2C(=O)OC(C)(C)C)c(OCCCCCI)cc1/C=C/c1cccc(-c2ccccc2)c1C. The van der Waals surface area contributed by atoms with E-state index < -0.39 is 5.60 Å². The van der Waals surface area contributed by atoms with Crippen LogP contribution in [0.4, 0.5) is 0 Å². The summed E-state index contributed by atoms with van der Waals surface area (Å²) >= 11 is 2.44. The van der Waals surface area contributed by atoms with E-state index in [0.29, 0.717) is 13.2 Å². The maximum absolute atomic E-state index is 13.1. The second-order valence-corrected chi connectivity index (χ2v) is 13.7. The number of unbranched alkanes of at least 4 members (excludes halogenated alkanes) is 2. The van der Waals surface area contributed by atoms with Gasteiger partial charge < -0.3 is 9.47 Å². The molecule has 230 valence electrons. The number of carbonyl (C=O) groups is 1. The van der Waals surface area contributed by atoms with Crippen molar-refractivity contribution in [2.24, 2.45) is 0 Å². The molecule has 5 heteroatoms. The van der Waals surface area contributed by atoms with E-state index in [4.69, 9.17) is 9.47 Å². The van der Waals surface area contributed by atoms with E-state index in [1.807, 2.05) is 20.8 Å². The third-order valence-corrected chi connectivity index (χ3v) is 8.82. The lowest BCUT2D eigenvalue weighted by Gasteiger charge is -2.36. The Labute approximate surface area is 273 Å². The molecule has 0 bridgehead atoms. The summed E-state index contributed by atoms with van der Waals surface area (Å²) in [5.41, 5.74) is 7.97. The smallest absolute Gasteiger partial charge is 0.323 e. The number of likely N-dealkylation sites (tertiary alicyclic amines) is 1. The second-order valence-electron chi connectivity index (χ2n) is 12.6. The van der Waals surface area contributed by atoms with Gasteiger partial charge in [0.25, 0.3) is 0 Å². The minimum absolute atomic E-state index is 0.113. The van der Waals surface area contributed by atoms with Crippen LogP contribution in [0.3, 0.4) is 0 Å². The Morgan fingerprint density at radius 1 is 0.953 bits per heavy atom. The summed E-state index contributed by atoms with van der Waals surface area (Å²) in [6.45, 7) is 12.5. The first kappa shape index (κ1) is 33.3. The number of aryl methyl sites for hydroxylation is 1. The zero-order chi connectivity index (χ0) is 30.8. The van der Waals surface area contributed by atoms with E-state index in [0.717, 1.165) is 49.1 Å². The van der Waals surface area contributed by atoms with Gasteiger partial charge in [-0.15, -0.1) is 0 Å². The number of halogens is 1. The van der Waals surface area contributed by atoms with Crippen molar-refractivity contribution in [3.8, 4) is 16.9 Å². The van der Waals surface area contributed by atoms with Crippen LogP contribution in [0.25, 0.3) is 23.3 Å². The van der Waals surface area contributed by atoms with E-state index in [-0.39, 0.29) is 12.0 Å². The van der Waals surface area contributed by atoms with Crippen LogP contribution >= 0.6 is 22.6 Å². The van der Waals surface area contributed by atoms with Crippen LogP contribution in [0.5, 0.6) is 5.75 Å². The van der Waals surface area contributed by atoms with Gasteiger partial charge in [0.05, 0.1) is 6.61 Å². The molecule has 1 aliphatic heterocycles. The van der Waals surface area contributed by atoms with Crippen molar-refractivity contribution in [3.05, 3.63) is 88.5 Å². The standard InChI is InChI=1S/C38H48INO3/c1-28-25-33(27-40-23-12-10-19-35(40)37(41)43-38(3,4)5)36(42-24-13-7-11-22-39)26-32(28)21-20-30-17-14-18-34(29(30)2)31-15-8-6-9-16-31/h6,8-9,14-18,20-21,25-26,35H,7,10-13,19,22-24,27H2,1-5H3/b21-20+/t35-/m0/s1. The van der Waals surface area contributed by atoms with E-state index in [9.17, 15) is 4.79 Å². The van der Waals surface area contributed by atoms with Crippen LogP contribution in [-0.2, 0) is 16.1 Å². The second kappa shape index (κ2) is 15.9. The Bertz CT molecular complexity index is 1380. The maximum atomic E-state index is 13.1. The molecule has 0 spiro atoms. The average molecular weight is 694 g/mol. The van der Waals surface area contributed by atoms with Gasteiger partial charge in [0.1, 0.15) is 17.4 Å². The molecule has 0 saturated carbocycles. The molecule has 1 atom stereocenters. The van der Waals surface area contributed by atoms with Crippen LogP contribution < -0.4 is 4.74 Å². The van der Waals surface area contributed by atoms with Crippen LogP contribution in [-0.4, -0.2) is 40.1 Å². The van der Waals surface area contributed by atoms with Crippen LogP contribution in [0.2, 0.25) is 0 Å². The van der Waals surface area contributed by atoms with Gasteiger partial charge in [0.2, 0.25) is 0 Å². The molecule has 3 aromatic rings. The number of carbonyl (C=O) groups excluding carboxylic acids is 1. The molecule has 0 aliphatic carbocycles. The molecule has 1 fully saturated rings. The lowest BCUT2D eigenvalue weighted by Crippen LogP contribution is -2.46. The predicted molar refractivity (Wildman–Crippen MR) is 189 cm³/mol. The average Bonchev–Trinajstić information content (AvgIpc) is 2.98. The molecule has 1 aliphatic rings. The Hall–Kier alpha value is -2.64. The molecule has 43 heavy (non-hydrogen) atoms. The van der Waals surface area contributed by atoms with Crippen LogP contribution in [0.15, 0.2) is 60.7 Å². The highest BCUT2D eigenvalue weighted by molar-refractivity contribution is 14.1. The third-order valence-electron chi connectivity index (χ3n) is 8.05. The van der Waals surface area contributed by atoms with E-state index >= 15 is 0 Å². The molecular weight excluding hydrogens is 645 g/mol.